The number of rotatable bonds is 7. The summed E-state index contributed by atoms with van der Waals surface area (Å²) in [6, 6.07) is 14.6. The van der Waals surface area contributed by atoms with Crippen LogP contribution >= 0.6 is 15.9 Å². The van der Waals surface area contributed by atoms with Gasteiger partial charge in [0.2, 0.25) is 10.0 Å². The largest absolute Gasteiger partial charge is 0.495 e. The normalized spacial score (nSPS) is 13.0. The summed E-state index contributed by atoms with van der Waals surface area (Å²) < 4.78 is 33.9. The maximum absolute atomic E-state index is 12.7. The van der Waals surface area contributed by atoms with Crippen LogP contribution in [0.15, 0.2) is 57.9 Å². The van der Waals surface area contributed by atoms with Crippen LogP contribution in [-0.2, 0) is 10.0 Å². The SMILES string of the molecule is COc1ccc(Br)cc1S(=O)(=O)NCC(c1ccccc1)N(C)C. The van der Waals surface area contributed by atoms with Gasteiger partial charge in [-0.1, -0.05) is 46.3 Å². The van der Waals surface area contributed by atoms with Crippen molar-refractivity contribution >= 4 is 26.0 Å². The molecule has 0 fully saturated rings. The lowest BCUT2D eigenvalue weighted by Gasteiger charge is -2.25. The van der Waals surface area contributed by atoms with Gasteiger partial charge >= 0.3 is 0 Å². The van der Waals surface area contributed by atoms with Crippen LogP contribution in [-0.4, -0.2) is 41.1 Å². The number of ether oxygens (including phenoxy) is 1. The van der Waals surface area contributed by atoms with E-state index < -0.39 is 10.0 Å². The molecule has 1 atom stereocenters. The van der Waals surface area contributed by atoms with Crippen LogP contribution in [0.4, 0.5) is 0 Å². The molecule has 0 spiro atoms. The molecule has 7 heteroatoms. The molecule has 0 radical (unpaired) electrons. The van der Waals surface area contributed by atoms with Crippen LogP contribution in [0, 0.1) is 0 Å². The van der Waals surface area contributed by atoms with Crippen molar-refractivity contribution < 1.29 is 13.2 Å². The molecule has 1 N–H and O–H groups in total. The summed E-state index contributed by atoms with van der Waals surface area (Å²) in [5.41, 5.74) is 1.05. The number of nitrogens with zero attached hydrogens (tertiary/aromatic N) is 1. The van der Waals surface area contributed by atoms with Crippen molar-refractivity contribution in [1.82, 2.24) is 9.62 Å². The molecule has 0 heterocycles. The molecular weight excluding hydrogens is 392 g/mol. The predicted octanol–water partition coefficient (Wildman–Crippen LogP) is 3.04. The van der Waals surface area contributed by atoms with E-state index in [9.17, 15) is 8.42 Å². The summed E-state index contributed by atoms with van der Waals surface area (Å²) in [6.07, 6.45) is 0. The van der Waals surface area contributed by atoms with Crippen LogP contribution in [0.2, 0.25) is 0 Å². The number of methoxy groups -OCH3 is 1. The maximum Gasteiger partial charge on any atom is 0.244 e. The summed E-state index contributed by atoms with van der Waals surface area (Å²) in [5.74, 6) is 0.312. The molecule has 0 aliphatic rings. The van der Waals surface area contributed by atoms with Crippen LogP contribution in [0.3, 0.4) is 0 Å². The second-order valence-electron chi connectivity index (χ2n) is 5.54. The first kappa shape index (κ1) is 18.9. The molecule has 5 nitrogen and oxygen atoms in total. The van der Waals surface area contributed by atoms with Gasteiger partial charge in [0.15, 0.2) is 0 Å². The fourth-order valence-corrected chi connectivity index (χ4v) is 4.14. The number of hydrogen-bond acceptors (Lipinski definition) is 4. The first-order chi connectivity index (χ1) is 11.3. The van der Waals surface area contributed by atoms with Crippen LogP contribution in [0.5, 0.6) is 5.75 Å². The standard InChI is InChI=1S/C17H21BrN2O3S/c1-20(2)15(13-7-5-4-6-8-13)12-19-24(21,22)17-11-14(18)9-10-16(17)23-3/h4-11,15,19H,12H2,1-3H3. The van der Waals surface area contributed by atoms with E-state index in [4.69, 9.17) is 4.74 Å². The minimum atomic E-state index is -3.69. The van der Waals surface area contributed by atoms with Gasteiger partial charge < -0.3 is 9.64 Å². The number of benzene rings is 2. The van der Waals surface area contributed by atoms with Crippen molar-refractivity contribution in [1.29, 1.82) is 0 Å². The molecule has 0 aliphatic carbocycles. The molecule has 0 amide bonds. The third-order valence-electron chi connectivity index (χ3n) is 3.69. The Hall–Kier alpha value is -1.41. The number of likely N-dealkylation sites (N-methyl/N-ethyl adjacent to an activating group) is 1. The van der Waals surface area contributed by atoms with E-state index in [2.05, 4.69) is 20.7 Å². The molecule has 130 valence electrons. The minimum absolute atomic E-state index is 0.0703. The second kappa shape index (κ2) is 8.11. The van der Waals surface area contributed by atoms with E-state index in [1.165, 1.54) is 13.2 Å². The monoisotopic (exact) mass is 412 g/mol. The predicted molar refractivity (Wildman–Crippen MR) is 98.8 cm³/mol. The van der Waals surface area contributed by atoms with Crippen LogP contribution < -0.4 is 9.46 Å². The first-order valence-electron chi connectivity index (χ1n) is 7.39. The zero-order valence-electron chi connectivity index (χ0n) is 13.9. The van der Waals surface area contributed by atoms with Gasteiger partial charge in [-0.3, -0.25) is 0 Å². The molecule has 2 aromatic rings. The highest BCUT2D eigenvalue weighted by molar-refractivity contribution is 9.10. The summed E-state index contributed by atoms with van der Waals surface area (Å²) in [4.78, 5) is 2.10. The van der Waals surface area contributed by atoms with Crippen molar-refractivity contribution in [2.24, 2.45) is 0 Å². The second-order valence-corrected chi connectivity index (χ2v) is 8.19. The quantitative estimate of drug-likeness (QED) is 0.758. The molecule has 0 aliphatic heterocycles. The number of nitrogens with one attached hydrogen (secondary N) is 1. The van der Waals surface area contributed by atoms with Crippen molar-refractivity contribution in [2.45, 2.75) is 10.9 Å². The van der Waals surface area contributed by atoms with Gasteiger partial charge in [0.25, 0.3) is 0 Å². The summed E-state index contributed by atoms with van der Waals surface area (Å²) in [7, 11) is 1.60. The Bertz CT molecular complexity index is 780. The van der Waals surface area contributed by atoms with Gasteiger partial charge in [-0.05, 0) is 37.9 Å². The van der Waals surface area contributed by atoms with E-state index >= 15 is 0 Å². The Morgan fingerprint density at radius 2 is 1.83 bits per heavy atom. The fourth-order valence-electron chi connectivity index (χ4n) is 2.40. The Kier molecular flexibility index (Phi) is 6.40. The lowest BCUT2D eigenvalue weighted by molar-refractivity contribution is 0.299. The smallest absolute Gasteiger partial charge is 0.244 e. The molecule has 24 heavy (non-hydrogen) atoms. The van der Waals surface area contributed by atoms with E-state index in [1.807, 2.05) is 49.3 Å². The van der Waals surface area contributed by atoms with Crippen molar-refractivity contribution in [3.63, 3.8) is 0 Å². The first-order valence-corrected chi connectivity index (χ1v) is 9.67. The number of hydrogen-bond donors (Lipinski definition) is 1. The van der Waals surface area contributed by atoms with E-state index in [-0.39, 0.29) is 17.5 Å². The van der Waals surface area contributed by atoms with Crippen LogP contribution in [0.1, 0.15) is 11.6 Å². The van der Waals surface area contributed by atoms with Gasteiger partial charge in [-0.15, -0.1) is 0 Å². The topological polar surface area (TPSA) is 58.6 Å². The molecule has 0 aromatic heterocycles. The Morgan fingerprint density at radius 1 is 1.17 bits per heavy atom. The summed E-state index contributed by atoms with van der Waals surface area (Å²) >= 11 is 3.30. The molecule has 0 bridgehead atoms. The Labute approximate surface area is 151 Å². The third-order valence-corrected chi connectivity index (χ3v) is 5.63. The van der Waals surface area contributed by atoms with E-state index in [0.29, 0.717) is 10.2 Å². The van der Waals surface area contributed by atoms with E-state index in [1.54, 1.807) is 12.1 Å². The Morgan fingerprint density at radius 3 is 2.42 bits per heavy atom. The van der Waals surface area contributed by atoms with Crippen LogP contribution in [0.25, 0.3) is 0 Å². The van der Waals surface area contributed by atoms with Gasteiger partial charge in [0.1, 0.15) is 10.6 Å². The highest BCUT2D eigenvalue weighted by Crippen LogP contribution is 2.27. The van der Waals surface area contributed by atoms with Gasteiger partial charge in [-0.25, -0.2) is 13.1 Å². The zero-order chi connectivity index (χ0) is 17.7. The summed E-state index contributed by atoms with van der Waals surface area (Å²) in [5, 5.41) is 0. The zero-order valence-corrected chi connectivity index (χ0v) is 16.3. The number of halogens is 1. The maximum atomic E-state index is 12.7. The highest BCUT2D eigenvalue weighted by atomic mass is 79.9. The van der Waals surface area contributed by atoms with Crippen molar-refractivity contribution in [3.8, 4) is 5.75 Å². The van der Waals surface area contributed by atoms with Crippen molar-refractivity contribution in [2.75, 3.05) is 27.7 Å². The average Bonchev–Trinajstić information content (AvgIpc) is 2.55. The average molecular weight is 413 g/mol. The minimum Gasteiger partial charge on any atom is -0.495 e. The third kappa shape index (κ3) is 4.57. The van der Waals surface area contributed by atoms with E-state index in [0.717, 1.165) is 5.56 Å². The van der Waals surface area contributed by atoms with Gasteiger partial charge in [0, 0.05) is 17.1 Å². The molecule has 2 rings (SSSR count). The molecule has 1 unspecified atom stereocenters. The van der Waals surface area contributed by atoms with Crippen molar-refractivity contribution in [3.05, 3.63) is 58.6 Å². The molecule has 0 saturated carbocycles. The lowest BCUT2D eigenvalue weighted by Crippen LogP contribution is -2.34. The molecule has 2 aromatic carbocycles. The summed E-state index contributed by atoms with van der Waals surface area (Å²) in [6.45, 7) is 0.259. The van der Waals surface area contributed by atoms with Gasteiger partial charge in [-0.2, -0.15) is 0 Å². The molecular formula is C17H21BrN2O3S. The Balaban J connectivity index is 2.24. The fraction of sp³-hybridized carbons (Fsp3) is 0.294. The van der Waals surface area contributed by atoms with Gasteiger partial charge in [0.05, 0.1) is 7.11 Å². The lowest BCUT2D eigenvalue weighted by atomic mass is 10.1. The number of sulfonamides is 1. The molecule has 0 saturated heterocycles. The highest BCUT2D eigenvalue weighted by Gasteiger charge is 2.23.